The molecule has 0 aliphatic carbocycles. The van der Waals surface area contributed by atoms with Crippen molar-refractivity contribution >= 4 is 34.6 Å². The van der Waals surface area contributed by atoms with Crippen molar-refractivity contribution in [1.82, 2.24) is 4.90 Å². The van der Waals surface area contributed by atoms with Crippen LogP contribution >= 0.6 is 11.8 Å². The first-order valence-electron chi connectivity index (χ1n) is 9.33. The minimum Gasteiger partial charge on any atom is -0.488 e. The van der Waals surface area contributed by atoms with Crippen LogP contribution in [0.3, 0.4) is 0 Å². The summed E-state index contributed by atoms with van der Waals surface area (Å²) in [6.07, 6.45) is 4.07. The Kier molecular flexibility index (Phi) is 5.62. The summed E-state index contributed by atoms with van der Waals surface area (Å²) in [5, 5.41) is 11.5. The lowest BCUT2D eigenvalue weighted by atomic mass is 10.1. The smallest absolute Gasteiger partial charge is 0.286 e. The molecule has 0 spiro atoms. The average molecular weight is 409 g/mol. The summed E-state index contributed by atoms with van der Waals surface area (Å²) >= 11 is 1.41. The van der Waals surface area contributed by atoms with Crippen molar-refractivity contribution in [2.75, 3.05) is 13.1 Å². The van der Waals surface area contributed by atoms with Crippen molar-refractivity contribution in [3.63, 3.8) is 0 Å². The number of non-ortho nitro benzene ring substituents is 1. The van der Waals surface area contributed by atoms with Crippen LogP contribution in [0.2, 0.25) is 0 Å². The van der Waals surface area contributed by atoms with E-state index in [1.165, 1.54) is 23.9 Å². The molecular weight excluding hydrogens is 390 g/mol. The number of nitro benzene ring substituents is 1. The number of carbonyl (C=O) groups is 1. The fourth-order valence-electron chi connectivity index (χ4n) is 3.19. The monoisotopic (exact) mass is 409 g/mol. The molecule has 2 aliphatic rings. The number of hydrogen-bond donors (Lipinski definition) is 0. The number of thioether (sulfide) groups is 1. The summed E-state index contributed by atoms with van der Waals surface area (Å²) in [6.45, 7) is 2.16. The Hall–Kier alpha value is -3.13. The Morgan fingerprint density at radius 3 is 2.59 bits per heavy atom. The second-order valence-electron chi connectivity index (χ2n) is 6.75. The molecule has 4 rings (SSSR count). The van der Waals surface area contributed by atoms with Crippen molar-refractivity contribution < 1.29 is 14.5 Å². The summed E-state index contributed by atoms with van der Waals surface area (Å²) in [5.74, 6) is 0.420. The Bertz CT molecular complexity index is 995. The molecule has 8 heteroatoms. The zero-order valence-corrected chi connectivity index (χ0v) is 16.4. The van der Waals surface area contributed by atoms with E-state index < -0.39 is 4.92 Å². The van der Waals surface area contributed by atoms with Crippen LogP contribution in [0, 0.1) is 10.1 Å². The predicted molar refractivity (Wildman–Crippen MR) is 113 cm³/mol. The van der Waals surface area contributed by atoms with Crippen LogP contribution in [0.5, 0.6) is 5.75 Å². The molecule has 0 unspecified atom stereocenters. The quantitative estimate of drug-likeness (QED) is 0.417. The number of amides is 1. The van der Waals surface area contributed by atoms with E-state index in [-0.39, 0.29) is 18.2 Å². The second-order valence-corrected chi connectivity index (χ2v) is 7.76. The molecular formula is C21H19N3O4S. The lowest BCUT2D eigenvalue weighted by molar-refractivity contribution is -0.384. The second kappa shape index (κ2) is 8.48. The van der Waals surface area contributed by atoms with Gasteiger partial charge in [0.25, 0.3) is 11.6 Å². The topological polar surface area (TPSA) is 85.0 Å². The maximum absolute atomic E-state index is 12.3. The van der Waals surface area contributed by atoms with Crippen LogP contribution in [0.1, 0.15) is 24.0 Å². The molecule has 1 fully saturated rings. The van der Waals surface area contributed by atoms with Gasteiger partial charge in [-0.1, -0.05) is 18.2 Å². The van der Waals surface area contributed by atoms with Crippen LogP contribution < -0.4 is 4.74 Å². The fraction of sp³-hybridized carbons (Fsp3) is 0.238. The minimum absolute atomic E-state index is 0.0458. The van der Waals surface area contributed by atoms with E-state index in [0.29, 0.717) is 10.7 Å². The van der Waals surface area contributed by atoms with Gasteiger partial charge in [-0.05, 0) is 54.4 Å². The summed E-state index contributed by atoms with van der Waals surface area (Å²) in [6, 6.07) is 13.7. The molecule has 2 heterocycles. The maximum atomic E-state index is 12.3. The van der Waals surface area contributed by atoms with Crippen LogP contribution in [0.4, 0.5) is 5.69 Å². The normalized spacial score (nSPS) is 17.7. The zero-order chi connectivity index (χ0) is 20.2. The third kappa shape index (κ3) is 4.48. The molecule has 0 atom stereocenters. The number of likely N-dealkylation sites (tertiary alicyclic amines) is 1. The van der Waals surface area contributed by atoms with Gasteiger partial charge in [0.1, 0.15) is 12.4 Å². The third-order valence-corrected chi connectivity index (χ3v) is 5.78. The van der Waals surface area contributed by atoms with Crippen LogP contribution in [0.25, 0.3) is 6.08 Å². The van der Waals surface area contributed by atoms with Gasteiger partial charge >= 0.3 is 0 Å². The molecule has 1 amide bonds. The van der Waals surface area contributed by atoms with Gasteiger partial charge in [-0.25, -0.2) is 0 Å². The van der Waals surface area contributed by atoms with Crippen molar-refractivity contribution in [3.05, 3.63) is 74.7 Å². The highest BCUT2D eigenvalue weighted by molar-refractivity contribution is 8.18. The first-order valence-corrected chi connectivity index (χ1v) is 10.1. The SMILES string of the molecule is O=C1N=C(N2CCCC2)S/C1=C/c1ccccc1OCc1ccc([N+](=O)[O-])cc1. The number of nitrogens with zero attached hydrogens (tertiary/aromatic N) is 3. The molecule has 0 saturated carbocycles. The molecule has 29 heavy (non-hydrogen) atoms. The molecule has 2 aromatic rings. The summed E-state index contributed by atoms with van der Waals surface area (Å²) in [5.41, 5.74) is 1.66. The van der Waals surface area contributed by atoms with Crippen molar-refractivity contribution in [1.29, 1.82) is 0 Å². The standard InChI is InChI=1S/C21H19N3O4S/c25-20-19(29-21(22-20)23-11-3-4-12-23)13-16-5-1-2-6-18(16)28-14-15-7-9-17(10-8-15)24(26)27/h1-2,5-10,13H,3-4,11-12,14H2/b19-13+. The number of carbonyl (C=O) groups excluding carboxylic acids is 1. The van der Waals surface area contributed by atoms with Crippen molar-refractivity contribution in [2.24, 2.45) is 4.99 Å². The van der Waals surface area contributed by atoms with Gasteiger partial charge in [0.2, 0.25) is 0 Å². The number of amidine groups is 1. The molecule has 0 aromatic heterocycles. The number of hydrogen-bond acceptors (Lipinski definition) is 6. The summed E-state index contributed by atoms with van der Waals surface area (Å²) in [7, 11) is 0. The molecule has 0 bridgehead atoms. The predicted octanol–water partition coefficient (Wildman–Crippen LogP) is 4.24. The number of benzene rings is 2. The van der Waals surface area contributed by atoms with Gasteiger partial charge < -0.3 is 9.64 Å². The zero-order valence-electron chi connectivity index (χ0n) is 15.6. The third-order valence-electron chi connectivity index (χ3n) is 4.73. The highest BCUT2D eigenvalue weighted by Gasteiger charge is 2.27. The lowest BCUT2D eigenvalue weighted by Crippen LogP contribution is -2.23. The Morgan fingerprint density at radius 1 is 1.14 bits per heavy atom. The number of nitro groups is 1. The Labute approximate surface area is 172 Å². The summed E-state index contributed by atoms with van der Waals surface area (Å²) in [4.78, 5) is 29.6. The highest BCUT2D eigenvalue weighted by Crippen LogP contribution is 2.33. The van der Waals surface area contributed by atoms with Gasteiger partial charge in [-0.2, -0.15) is 4.99 Å². The first kappa shape index (κ1) is 19.2. The molecule has 7 nitrogen and oxygen atoms in total. The maximum Gasteiger partial charge on any atom is 0.286 e. The van der Waals surface area contributed by atoms with Gasteiger partial charge in [-0.15, -0.1) is 0 Å². The van der Waals surface area contributed by atoms with Crippen LogP contribution in [-0.2, 0) is 11.4 Å². The molecule has 1 saturated heterocycles. The van der Waals surface area contributed by atoms with E-state index in [1.807, 2.05) is 30.3 Å². The lowest BCUT2D eigenvalue weighted by Gasteiger charge is -2.14. The van der Waals surface area contributed by atoms with E-state index in [0.717, 1.165) is 42.2 Å². The average Bonchev–Trinajstić information content (AvgIpc) is 3.38. The number of aliphatic imine (C=N–C) groups is 1. The van der Waals surface area contributed by atoms with E-state index in [1.54, 1.807) is 12.1 Å². The number of rotatable bonds is 5. The van der Waals surface area contributed by atoms with Crippen molar-refractivity contribution in [2.45, 2.75) is 19.4 Å². The number of para-hydroxylation sites is 1. The van der Waals surface area contributed by atoms with E-state index in [4.69, 9.17) is 4.74 Å². The van der Waals surface area contributed by atoms with Crippen molar-refractivity contribution in [3.8, 4) is 5.75 Å². The molecule has 2 aromatic carbocycles. The number of ether oxygens (including phenoxy) is 1. The van der Waals surface area contributed by atoms with Gasteiger partial charge in [0.15, 0.2) is 5.17 Å². The van der Waals surface area contributed by atoms with Gasteiger partial charge in [-0.3, -0.25) is 14.9 Å². The minimum atomic E-state index is -0.430. The first-order chi connectivity index (χ1) is 14.1. The highest BCUT2D eigenvalue weighted by atomic mass is 32.2. The van der Waals surface area contributed by atoms with E-state index in [2.05, 4.69) is 9.89 Å². The van der Waals surface area contributed by atoms with Gasteiger partial charge in [0, 0.05) is 30.8 Å². The molecule has 0 radical (unpaired) electrons. The fourth-order valence-corrected chi connectivity index (χ4v) is 4.14. The molecule has 0 N–H and O–H groups in total. The van der Waals surface area contributed by atoms with Crippen LogP contribution in [-0.4, -0.2) is 34.0 Å². The Balaban J connectivity index is 1.46. The molecule has 148 valence electrons. The largest absolute Gasteiger partial charge is 0.488 e. The van der Waals surface area contributed by atoms with Gasteiger partial charge in [0.05, 0.1) is 9.83 Å². The Morgan fingerprint density at radius 2 is 1.86 bits per heavy atom. The summed E-state index contributed by atoms with van der Waals surface area (Å²) < 4.78 is 5.91. The van der Waals surface area contributed by atoms with Crippen LogP contribution in [0.15, 0.2) is 58.4 Å². The van der Waals surface area contributed by atoms with E-state index in [9.17, 15) is 14.9 Å². The van der Waals surface area contributed by atoms with E-state index >= 15 is 0 Å². The molecule has 2 aliphatic heterocycles.